The molecule has 0 radical (unpaired) electrons. The van der Waals surface area contributed by atoms with Gasteiger partial charge in [0.05, 0.1) is 27.3 Å². The van der Waals surface area contributed by atoms with E-state index in [2.05, 4.69) is 33.2 Å². The number of nitrogens with zero attached hydrogens (tertiary/aromatic N) is 1. The molecule has 190 valence electrons. The van der Waals surface area contributed by atoms with Crippen molar-refractivity contribution < 1.29 is 18.8 Å². The average Bonchev–Trinajstić information content (AvgIpc) is 2.80. The van der Waals surface area contributed by atoms with E-state index in [9.17, 15) is 4.79 Å². The van der Waals surface area contributed by atoms with Crippen molar-refractivity contribution in [1.82, 2.24) is 0 Å². The van der Waals surface area contributed by atoms with Crippen LogP contribution in [0.3, 0.4) is 0 Å². The summed E-state index contributed by atoms with van der Waals surface area (Å²) in [5.41, 5.74) is 1.20. The van der Waals surface area contributed by atoms with Gasteiger partial charge in [-0.3, -0.25) is 4.79 Å². The number of benzene rings is 1. The highest BCUT2D eigenvalue weighted by atomic mass is 16.5. The summed E-state index contributed by atoms with van der Waals surface area (Å²) in [5.74, 6) is -0.0431. The van der Waals surface area contributed by atoms with Crippen molar-refractivity contribution >= 4 is 5.97 Å². The van der Waals surface area contributed by atoms with Crippen molar-refractivity contribution in [3.8, 4) is 0 Å². The second kappa shape index (κ2) is 20.0. The van der Waals surface area contributed by atoms with Crippen LogP contribution in [0.5, 0.6) is 0 Å². The minimum absolute atomic E-state index is 0.0431. The van der Waals surface area contributed by atoms with Crippen LogP contribution in [0.4, 0.5) is 0 Å². The molecule has 0 unspecified atom stereocenters. The minimum atomic E-state index is -0.0431. The molecule has 4 heteroatoms. The summed E-state index contributed by atoms with van der Waals surface area (Å²) >= 11 is 0. The Labute approximate surface area is 204 Å². The molecule has 0 aliphatic rings. The molecule has 0 amide bonds. The van der Waals surface area contributed by atoms with E-state index >= 15 is 0 Å². The number of hydrogen-bond acceptors (Lipinski definition) is 3. The predicted octanol–water partition coefficient (Wildman–Crippen LogP) is 7.30. The van der Waals surface area contributed by atoms with Gasteiger partial charge in [-0.25, -0.2) is 0 Å². The summed E-state index contributed by atoms with van der Waals surface area (Å²) in [5, 5.41) is 0. The monoisotopic (exact) mass is 462 g/mol. The molecule has 0 atom stereocenters. The number of likely N-dealkylation sites (N-methyl/N-ethyl adjacent to an activating group) is 1. The molecule has 4 nitrogen and oxygen atoms in total. The number of quaternary nitrogens is 1. The van der Waals surface area contributed by atoms with Gasteiger partial charge in [-0.2, -0.15) is 0 Å². The van der Waals surface area contributed by atoms with Crippen molar-refractivity contribution in [2.24, 2.45) is 0 Å². The molecular formula is C29H52NO3+. The fourth-order valence-electron chi connectivity index (χ4n) is 3.95. The molecule has 1 rings (SSSR count). The number of carbonyl (C=O) groups is 1. The molecule has 33 heavy (non-hydrogen) atoms. The molecular weight excluding hydrogens is 410 g/mol. The van der Waals surface area contributed by atoms with Crippen LogP contribution in [0.15, 0.2) is 30.3 Å². The van der Waals surface area contributed by atoms with Gasteiger partial charge in [-0.15, -0.1) is 0 Å². The highest BCUT2D eigenvalue weighted by Crippen LogP contribution is 2.13. The highest BCUT2D eigenvalue weighted by molar-refractivity contribution is 5.69. The molecule has 0 aromatic heterocycles. The number of rotatable bonds is 22. The first-order valence-corrected chi connectivity index (χ1v) is 13.6. The van der Waals surface area contributed by atoms with Gasteiger partial charge in [0.2, 0.25) is 0 Å². The van der Waals surface area contributed by atoms with Crippen LogP contribution >= 0.6 is 0 Å². The van der Waals surface area contributed by atoms with Gasteiger partial charge >= 0.3 is 5.97 Å². The third kappa shape index (κ3) is 18.7. The third-order valence-corrected chi connectivity index (χ3v) is 6.40. The molecule has 0 saturated heterocycles. The zero-order valence-corrected chi connectivity index (χ0v) is 22.0. The SMILES string of the molecule is CCCCCCCCCCCCCCCC(=O)OCC[N+](C)(C)CCOCc1ccccc1. The molecule has 1 aromatic carbocycles. The second-order valence-electron chi connectivity index (χ2n) is 10.1. The summed E-state index contributed by atoms with van der Waals surface area (Å²) in [6.07, 6.45) is 17.7. The fraction of sp³-hybridized carbons (Fsp3) is 0.759. The molecule has 0 heterocycles. The summed E-state index contributed by atoms with van der Waals surface area (Å²) in [4.78, 5) is 12.0. The normalized spacial score (nSPS) is 11.6. The number of hydrogen-bond donors (Lipinski definition) is 0. The van der Waals surface area contributed by atoms with E-state index in [1.165, 1.54) is 76.2 Å². The Morgan fingerprint density at radius 2 is 1.24 bits per heavy atom. The van der Waals surface area contributed by atoms with E-state index < -0.39 is 0 Å². The minimum Gasteiger partial charge on any atom is -0.460 e. The molecule has 0 bridgehead atoms. The molecule has 1 aromatic rings. The third-order valence-electron chi connectivity index (χ3n) is 6.40. The van der Waals surface area contributed by atoms with Gasteiger partial charge in [0.25, 0.3) is 0 Å². The van der Waals surface area contributed by atoms with Crippen molar-refractivity contribution in [2.45, 2.75) is 103 Å². The molecule has 0 fully saturated rings. The van der Waals surface area contributed by atoms with Gasteiger partial charge in [-0.05, 0) is 12.0 Å². The van der Waals surface area contributed by atoms with E-state index in [1.54, 1.807) is 0 Å². The van der Waals surface area contributed by atoms with Crippen LogP contribution in [0.1, 0.15) is 102 Å². The zero-order valence-electron chi connectivity index (χ0n) is 22.0. The van der Waals surface area contributed by atoms with Crippen LogP contribution in [0.25, 0.3) is 0 Å². The van der Waals surface area contributed by atoms with E-state index in [1.807, 2.05) is 18.2 Å². The topological polar surface area (TPSA) is 35.5 Å². The van der Waals surface area contributed by atoms with Gasteiger partial charge in [0.15, 0.2) is 0 Å². The van der Waals surface area contributed by atoms with Gasteiger partial charge in [0.1, 0.15) is 19.7 Å². The number of ether oxygens (including phenoxy) is 2. The van der Waals surface area contributed by atoms with Crippen molar-refractivity contribution in [3.63, 3.8) is 0 Å². The molecule has 0 spiro atoms. The van der Waals surface area contributed by atoms with E-state index in [4.69, 9.17) is 9.47 Å². The number of unbranched alkanes of at least 4 members (excludes halogenated alkanes) is 12. The van der Waals surface area contributed by atoms with Crippen molar-refractivity contribution in [1.29, 1.82) is 0 Å². The van der Waals surface area contributed by atoms with E-state index in [-0.39, 0.29) is 5.97 Å². The second-order valence-corrected chi connectivity index (χ2v) is 10.1. The standard InChI is InChI=1S/C29H52NO3/c1-4-5-6-7-8-9-10-11-12-13-14-15-19-22-29(31)33-26-24-30(2,3)23-25-32-27-28-20-17-16-18-21-28/h16-18,20-21H,4-15,19,22-27H2,1-3H3/q+1. The van der Waals surface area contributed by atoms with Gasteiger partial charge in [-0.1, -0.05) is 114 Å². The number of esters is 1. The lowest BCUT2D eigenvalue weighted by atomic mass is 10.0. The van der Waals surface area contributed by atoms with Crippen LogP contribution in [0.2, 0.25) is 0 Å². The quantitative estimate of drug-likeness (QED) is 0.103. The Bertz CT molecular complexity index is 573. The molecule has 0 aliphatic carbocycles. The lowest BCUT2D eigenvalue weighted by molar-refractivity contribution is -0.890. The van der Waals surface area contributed by atoms with Crippen LogP contribution in [0, 0.1) is 0 Å². The Hall–Kier alpha value is -1.39. The summed E-state index contributed by atoms with van der Waals surface area (Å²) < 4.78 is 12.0. The number of carbonyl (C=O) groups excluding carboxylic acids is 1. The highest BCUT2D eigenvalue weighted by Gasteiger charge is 2.15. The van der Waals surface area contributed by atoms with E-state index in [0.717, 1.165) is 30.4 Å². The molecule has 0 saturated carbocycles. The Morgan fingerprint density at radius 3 is 1.82 bits per heavy atom. The first-order chi connectivity index (χ1) is 16.0. The Kier molecular flexibility index (Phi) is 18.0. The summed E-state index contributed by atoms with van der Waals surface area (Å²) in [7, 11) is 4.32. The van der Waals surface area contributed by atoms with E-state index in [0.29, 0.717) is 26.2 Å². The molecule has 0 N–H and O–H groups in total. The summed E-state index contributed by atoms with van der Waals surface area (Å²) in [6.45, 7) is 5.84. The van der Waals surface area contributed by atoms with Crippen LogP contribution in [-0.2, 0) is 20.9 Å². The van der Waals surface area contributed by atoms with Crippen molar-refractivity contribution in [3.05, 3.63) is 35.9 Å². The zero-order chi connectivity index (χ0) is 24.0. The van der Waals surface area contributed by atoms with Crippen molar-refractivity contribution in [2.75, 3.05) is 40.4 Å². The largest absolute Gasteiger partial charge is 0.460 e. The smallest absolute Gasteiger partial charge is 0.305 e. The average molecular weight is 463 g/mol. The lowest BCUT2D eigenvalue weighted by Crippen LogP contribution is -2.44. The lowest BCUT2D eigenvalue weighted by Gasteiger charge is -2.29. The maximum absolute atomic E-state index is 12.0. The first-order valence-electron chi connectivity index (χ1n) is 13.6. The molecule has 0 aliphatic heterocycles. The Morgan fingerprint density at radius 1 is 0.727 bits per heavy atom. The first kappa shape index (κ1) is 29.6. The van der Waals surface area contributed by atoms with Crippen LogP contribution < -0.4 is 0 Å². The predicted molar refractivity (Wildman–Crippen MR) is 139 cm³/mol. The summed E-state index contributed by atoms with van der Waals surface area (Å²) in [6, 6.07) is 10.2. The maximum Gasteiger partial charge on any atom is 0.305 e. The maximum atomic E-state index is 12.0. The Balaban J connectivity index is 1.88. The van der Waals surface area contributed by atoms with Gasteiger partial charge in [0, 0.05) is 6.42 Å². The fourth-order valence-corrected chi connectivity index (χ4v) is 3.95. The van der Waals surface area contributed by atoms with Gasteiger partial charge < -0.3 is 14.0 Å². The van der Waals surface area contributed by atoms with Crippen LogP contribution in [-0.4, -0.2) is 50.9 Å².